The molecule has 0 aromatic rings. The lowest BCUT2D eigenvalue weighted by Gasteiger charge is -2.41. The molecule has 1 aliphatic rings. The van der Waals surface area contributed by atoms with Crippen LogP contribution in [0.5, 0.6) is 0 Å². The molecule has 1 aliphatic carbocycles. The van der Waals surface area contributed by atoms with Crippen molar-refractivity contribution in [3.8, 4) is 0 Å². The number of aliphatic hydroxyl groups excluding tert-OH is 7. The molecular weight excluding hydrogens is 813 g/mol. The van der Waals surface area contributed by atoms with Crippen LogP contribution < -0.4 is 5.32 Å². The van der Waals surface area contributed by atoms with Crippen LogP contribution in [0.25, 0.3) is 0 Å². The van der Waals surface area contributed by atoms with Crippen molar-refractivity contribution in [3.05, 3.63) is 24.3 Å². The third kappa shape index (κ3) is 29.3. The molecule has 0 saturated heterocycles. The molecule has 14 heteroatoms. The quantitative estimate of drug-likeness (QED) is 0.0159. The fraction of sp³-hybridized carbons (Fsp3) is 0.896. The summed E-state index contributed by atoms with van der Waals surface area (Å²) < 4.78 is 23.0. The molecule has 1 rings (SSSR count). The number of phosphoric ester groups is 1. The minimum Gasteiger partial charge on any atom is -0.393 e. The summed E-state index contributed by atoms with van der Waals surface area (Å²) in [6, 6.07) is -1.15. The Kier molecular flexibility index (Phi) is 36.0. The fourth-order valence-electron chi connectivity index (χ4n) is 8.00. The summed E-state index contributed by atoms with van der Waals surface area (Å²) in [6.07, 6.45) is 27.8. The average molecular weight is 906 g/mol. The normalized spacial score (nSPS) is 23.2. The molecule has 0 aromatic carbocycles. The summed E-state index contributed by atoms with van der Waals surface area (Å²) in [5.74, 6) is -0.563. The van der Waals surface area contributed by atoms with Crippen molar-refractivity contribution in [2.45, 2.75) is 268 Å². The summed E-state index contributed by atoms with van der Waals surface area (Å²) in [5, 5.41) is 74.7. The first-order valence-electron chi connectivity index (χ1n) is 24.9. The molecule has 0 spiro atoms. The van der Waals surface area contributed by atoms with Crippen LogP contribution >= 0.6 is 7.82 Å². The smallest absolute Gasteiger partial charge is 0.393 e. The monoisotopic (exact) mass is 906 g/mol. The lowest BCUT2D eigenvalue weighted by atomic mass is 9.85. The third-order valence-corrected chi connectivity index (χ3v) is 13.1. The van der Waals surface area contributed by atoms with Gasteiger partial charge in [0.2, 0.25) is 5.91 Å². The highest BCUT2D eigenvalue weighted by molar-refractivity contribution is 7.47. The van der Waals surface area contributed by atoms with E-state index in [1.807, 2.05) is 0 Å². The largest absolute Gasteiger partial charge is 0.472 e. The van der Waals surface area contributed by atoms with Crippen LogP contribution in [0.15, 0.2) is 24.3 Å². The predicted octanol–water partition coefficient (Wildman–Crippen LogP) is 8.76. The number of allylic oxidation sites excluding steroid dienone is 4. The molecule has 0 aromatic heterocycles. The maximum absolute atomic E-state index is 13.0. The minimum absolute atomic E-state index is 0.225. The summed E-state index contributed by atoms with van der Waals surface area (Å²) >= 11 is 0. The van der Waals surface area contributed by atoms with E-state index in [-0.39, 0.29) is 12.8 Å². The van der Waals surface area contributed by atoms with Gasteiger partial charge in [-0.1, -0.05) is 192 Å². The Hall–Kier alpha value is -1.22. The van der Waals surface area contributed by atoms with Gasteiger partial charge >= 0.3 is 7.82 Å². The van der Waals surface area contributed by atoms with Gasteiger partial charge < -0.3 is 46.0 Å². The summed E-state index contributed by atoms with van der Waals surface area (Å²) in [4.78, 5) is 23.5. The molecule has 8 atom stereocenters. The van der Waals surface area contributed by atoms with Crippen LogP contribution in [0.3, 0.4) is 0 Å². The van der Waals surface area contributed by atoms with E-state index in [2.05, 4.69) is 43.5 Å². The van der Waals surface area contributed by atoms with Crippen molar-refractivity contribution < 1.29 is 59.0 Å². The molecule has 9 N–H and O–H groups in total. The highest BCUT2D eigenvalue weighted by Crippen LogP contribution is 2.47. The number of hydrogen-bond donors (Lipinski definition) is 9. The summed E-state index contributed by atoms with van der Waals surface area (Å²) in [6.45, 7) is 3.77. The van der Waals surface area contributed by atoms with E-state index in [0.717, 1.165) is 64.2 Å². The lowest BCUT2D eigenvalue weighted by Crippen LogP contribution is -2.64. The molecule has 0 aliphatic heterocycles. The molecule has 13 nitrogen and oxygen atoms in total. The molecule has 62 heavy (non-hydrogen) atoms. The van der Waals surface area contributed by atoms with Crippen molar-refractivity contribution in [1.29, 1.82) is 0 Å². The topological polar surface area (TPSA) is 226 Å². The van der Waals surface area contributed by atoms with Crippen molar-refractivity contribution in [2.24, 2.45) is 0 Å². The maximum atomic E-state index is 13.0. The molecule has 1 fully saturated rings. The Morgan fingerprint density at radius 2 is 0.935 bits per heavy atom. The van der Waals surface area contributed by atoms with Crippen molar-refractivity contribution in [3.63, 3.8) is 0 Å². The van der Waals surface area contributed by atoms with Crippen LogP contribution in [-0.4, -0.2) is 108 Å². The number of rotatable bonds is 41. The number of unbranched alkanes of at least 4 members (excludes halogenated alkanes) is 25. The van der Waals surface area contributed by atoms with Crippen molar-refractivity contribution >= 4 is 13.7 Å². The first-order valence-corrected chi connectivity index (χ1v) is 26.4. The van der Waals surface area contributed by atoms with Gasteiger partial charge in [0.05, 0.1) is 31.3 Å². The third-order valence-electron chi connectivity index (χ3n) is 12.1. The van der Waals surface area contributed by atoms with Crippen molar-refractivity contribution in [1.82, 2.24) is 5.32 Å². The zero-order valence-corrected chi connectivity index (χ0v) is 39.7. The highest BCUT2D eigenvalue weighted by atomic mass is 31.2. The first kappa shape index (κ1) is 58.8. The van der Waals surface area contributed by atoms with E-state index in [1.165, 1.54) is 109 Å². The Balaban J connectivity index is 2.49. The van der Waals surface area contributed by atoms with Crippen molar-refractivity contribution in [2.75, 3.05) is 6.61 Å². The predicted molar refractivity (Wildman–Crippen MR) is 247 cm³/mol. The van der Waals surface area contributed by atoms with Crippen LogP contribution in [0.2, 0.25) is 0 Å². The van der Waals surface area contributed by atoms with Gasteiger partial charge in [-0.2, -0.15) is 0 Å². The second-order valence-corrected chi connectivity index (χ2v) is 19.3. The van der Waals surface area contributed by atoms with E-state index < -0.39 is 75.2 Å². The van der Waals surface area contributed by atoms with Gasteiger partial charge in [-0.25, -0.2) is 4.57 Å². The van der Waals surface area contributed by atoms with E-state index >= 15 is 0 Å². The van der Waals surface area contributed by atoms with Gasteiger partial charge in [-0.05, 0) is 38.5 Å². The standard InChI is InChI=1S/C48H92NO12P/c1-3-5-7-9-11-13-15-17-19-20-22-23-25-27-29-31-33-35-39(50)37-42(52)49-40(38-60-62(58,59)61-48-46(56)44(54)43(53)45(55)47(48)57)41(51)36-34-32-30-28-26-24-21-18-16-14-12-10-8-6-4-2/h11,13,15,17,39-41,43-48,50-51,53-57H,3-10,12,14,16,18-38H2,1-2H3,(H,49,52)(H,58,59)/b13-11-,17-15-. The molecule has 1 saturated carbocycles. The molecule has 0 heterocycles. The van der Waals surface area contributed by atoms with Crippen LogP contribution in [-0.2, 0) is 18.4 Å². The molecule has 0 bridgehead atoms. The number of phosphoric acid groups is 1. The first-order chi connectivity index (χ1) is 29.8. The van der Waals surface area contributed by atoms with Crippen LogP contribution in [0.4, 0.5) is 0 Å². The average Bonchev–Trinajstić information content (AvgIpc) is 3.24. The number of carbonyl (C=O) groups is 1. The van der Waals surface area contributed by atoms with Gasteiger partial charge in [-0.15, -0.1) is 0 Å². The lowest BCUT2D eigenvalue weighted by molar-refractivity contribution is -0.220. The van der Waals surface area contributed by atoms with E-state index in [9.17, 15) is 50.0 Å². The van der Waals surface area contributed by atoms with E-state index in [1.54, 1.807) is 0 Å². The fourth-order valence-corrected chi connectivity index (χ4v) is 8.97. The van der Waals surface area contributed by atoms with Gasteiger partial charge in [-0.3, -0.25) is 13.8 Å². The molecule has 366 valence electrons. The van der Waals surface area contributed by atoms with Gasteiger partial charge in [0.15, 0.2) is 0 Å². The second kappa shape index (κ2) is 37.9. The molecule has 0 radical (unpaired) electrons. The Labute approximate surface area is 375 Å². The molecular formula is C48H92NO12P. The zero-order valence-electron chi connectivity index (χ0n) is 38.8. The zero-order chi connectivity index (χ0) is 45.9. The number of nitrogens with one attached hydrogen (secondary N) is 1. The minimum atomic E-state index is -5.12. The summed E-state index contributed by atoms with van der Waals surface area (Å²) in [5.41, 5.74) is 0. The van der Waals surface area contributed by atoms with E-state index in [4.69, 9.17) is 9.05 Å². The van der Waals surface area contributed by atoms with Gasteiger partial charge in [0.1, 0.15) is 36.6 Å². The highest BCUT2D eigenvalue weighted by Gasteiger charge is 2.51. The Bertz CT molecular complexity index is 1160. The Morgan fingerprint density at radius 1 is 0.565 bits per heavy atom. The number of hydrogen-bond acceptors (Lipinski definition) is 11. The summed E-state index contributed by atoms with van der Waals surface area (Å²) in [7, 11) is -5.12. The maximum Gasteiger partial charge on any atom is 0.472 e. The SMILES string of the molecule is CCCCC/C=C\C=C/CCCCCCCCCCC(O)CC(=O)NC(COP(=O)(O)OC1C(O)C(O)C(O)C(O)C1O)C(O)CCCCCCCCCCCCCCCCC. The van der Waals surface area contributed by atoms with Crippen LogP contribution in [0.1, 0.15) is 213 Å². The number of amides is 1. The number of aliphatic hydroxyl groups is 7. The molecule has 1 amide bonds. The second-order valence-electron chi connectivity index (χ2n) is 17.9. The van der Waals surface area contributed by atoms with Crippen LogP contribution in [0, 0.1) is 0 Å². The van der Waals surface area contributed by atoms with E-state index in [0.29, 0.717) is 12.8 Å². The molecule has 8 unspecified atom stereocenters. The van der Waals surface area contributed by atoms with Gasteiger partial charge in [0, 0.05) is 0 Å². The number of carbonyl (C=O) groups excluding carboxylic acids is 1. The Morgan fingerprint density at radius 3 is 1.40 bits per heavy atom. The van der Waals surface area contributed by atoms with Gasteiger partial charge in [0.25, 0.3) is 0 Å².